The molecule has 0 unspecified atom stereocenters. The molecule has 0 aromatic rings. The van der Waals surface area contributed by atoms with Crippen LogP contribution in [0.2, 0.25) is 0 Å². The lowest BCUT2D eigenvalue weighted by Gasteiger charge is -2.32. The first-order valence-corrected chi connectivity index (χ1v) is 5.79. The van der Waals surface area contributed by atoms with Crippen LogP contribution in [0.5, 0.6) is 0 Å². The van der Waals surface area contributed by atoms with Gasteiger partial charge < -0.3 is 15.3 Å². The van der Waals surface area contributed by atoms with Crippen molar-refractivity contribution in [1.82, 2.24) is 10.2 Å². The van der Waals surface area contributed by atoms with Crippen molar-refractivity contribution in [2.24, 2.45) is 5.92 Å². The minimum absolute atomic E-state index is 0.165. The molecule has 0 radical (unpaired) electrons. The van der Waals surface area contributed by atoms with Gasteiger partial charge in [0, 0.05) is 19.1 Å². The van der Waals surface area contributed by atoms with E-state index in [4.69, 9.17) is 5.11 Å². The SMILES string of the molecule is CC(C)CCN1CCC(NC(=O)O)CC1. The Labute approximate surface area is 91.6 Å². The Bertz CT molecular complexity index is 199. The van der Waals surface area contributed by atoms with Crippen LogP contribution >= 0.6 is 0 Å². The summed E-state index contributed by atoms with van der Waals surface area (Å²) < 4.78 is 0. The van der Waals surface area contributed by atoms with E-state index >= 15 is 0 Å². The average Bonchev–Trinajstić information content (AvgIpc) is 2.16. The van der Waals surface area contributed by atoms with Gasteiger partial charge in [0.05, 0.1) is 0 Å². The number of nitrogens with one attached hydrogen (secondary N) is 1. The van der Waals surface area contributed by atoms with Crippen LogP contribution in [0, 0.1) is 5.92 Å². The quantitative estimate of drug-likeness (QED) is 0.750. The highest BCUT2D eigenvalue weighted by molar-refractivity contribution is 5.64. The van der Waals surface area contributed by atoms with Crippen molar-refractivity contribution >= 4 is 6.09 Å². The Morgan fingerprint density at radius 1 is 1.47 bits per heavy atom. The summed E-state index contributed by atoms with van der Waals surface area (Å²) in [5.41, 5.74) is 0. The summed E-state index contributed by atoms with van der Waals surface area (Å²) in [6.07, 6.45) is 2.24. The topological polar surface area (TPSA) is 52.6 Å². The van der Waals surface area contributed by atoms with Gasteiger partial charge in [-0.2, -0.15) is 0 Å². The summed E-state index contributed by atoms with van der Waals surface area (Å²) in [6.45, 7) is 7.67. The van der Waals surface area contributed by atoms with Crippen LogP contribution in [0.4, 0.5) is 4.79 Å². The summed E-state index contributed by atoms with van der Waals surface area (Å²) >= 11 is 0. The Kier molecular flexibility index (Phi) is 4.88. The van der Waals surface area contributed by atoms with E-state index in [1.165, 1.54) is 6.42 Å². The second kappa shape index (κ2) is 5.95. The van der Waals surface area contributed by atoms with Crippen LogP contribution in [-0.2, 0) is 0 Å². The fourth-order valence-electron chi connectivity index (χ4n) is 1.92. The third-order valence-electron chi connectivity index (χ3n) is 2.94. The van der Waals surface area contributed by atoms with E-state index in [1.807, 2.05) is 0 Å². The molecule has 88 valence electrons. The van der Waals surface area contributed by atoms with Gasteiger partial charge in [-0.05, 0) is 31.7 Å². The Balaban J connectivity index is 2.15. The van der Waals surface area contributed by atoms with Crippen molar-refractivity contribution in [2.75, 3.05) is 19.6 Å². The van der Waals surface area contributed by atoms with Crippen LogP contribution in [0.25, 0.3) is 0 Å². The minimum atomic E-state index is -0.893. The van der Waals surface area contributed by atoms with Crippen molar-refractivity contribution in [2.45, 2.75) is 39.2 Å². The van der Waals surface area contributed by atoms with Crippen LogP contribution in [0.1, 0.15) is 33.1 Å². The Morgan fingerprint density at radius 2 is 2.07 bits per heavy atom. The monoisotopic (exact) mass is 214 g/mol. The average molecular weight is 214 g/mol. The van der Waals surface area contributed by atoms with Gasteiger partial charge in [0.25, 0.3) is 0 Å². The lowest BCUT2D eigenvalue weighted by atomic mass is 10.0. The fraction of sp³-hybridized carbons (Fsp3) is 0.909. The predicted molar refractivity (Wildman–Crippen MR) is 60.1 cm³/mol. The van der Waals surface area contributed by atoms with E-state index in [9.17, 15) is 4.79 Å². The number of piperidine rings is 1. The molecular formula is C11H22N2O2. The molecule has 1 amide bonds. The second-order valence-corrected chi connectivity index (χ2v) is 4.75. The van der Waals surface area contributed by atoms with Gasteiger partial charge in [0.1, 0.15) is 0 Å². The van der Waals surface area contributed by atoms with Gasteiger partial charge in [-0.3, -0.25) is 0 Å². The minimum Gasteiger partial charge on any atom is -0.465 e. The highest BCUT2D eigenvalue weighted by Gasteiger charge is 2.19. The number of hydrogen-bond acceptors (Lipinski definition) is 2. The first kappa shape index (κ1) is 12.3. The number of nitrogens with zero attached hydrogens (tertiary/aromatic N) is 1. The van der Waals surface area contributed by atoms with E-state index in [2.05, 4.69) is 24.1 Å². The summed E-state index contributed by atoms with van der Waals surface area (Å²) in [7, 11) is 0. The van der Waals surface area contributed by atoms with Crippen LogP contribution < -0.4 is 5.32 Å². The predicted octanol–water partition coefficient (Wildman–Crippen LogP) is 1.76. The second-order valence-electron chi connectivity index (χ2n) is 4.75. The highest BCUT2D eigenvalue weighted by atomic mass is 16.4. The molecule has 0 aliphatic carbocycles. The molecule has 0 bridgehead atoms. The number of carboxylic acid groups (broad SMARTS) is 1. The maximum atomic E-state index is 10.4. The molecule has 0 atom stereocenters. The summed E-state index contributed by atoms with van der Waals surface area (Å²) in [4.78, 5) is 12.9. The molecule has 0 saturated carbocycles. The van der Waals surface area contributed by atoms with Gasteiger partial charge in [0.2, 0.25) is 0 Å². The van der Waals surface area contributed by atoms with E-state index < -0.39 is 6.09 Å². The number of rotatable bonds is 4. The standard InChI is InChI=1S/C11H22N2O2/c1-9(2)3-6-13-7-4-10(5-8-13)12-11(14)15/h9-10,12H,3-8H2,1-2H3,(H,14,15). The van der Waals surface area contributed by atoms with Gasteiger partial charge in [-0.1, -0.05) is 13.8 Å². The third-order valence-corrected chi connectivity index (χ3v) is 2.94. The molecule has 1 fully saturated rings. The van der Waals surface area contributed by atoms with Crippen molar-refractivity contribution in [1.29, 1.82) is 0 Å². The molecule has 1 rings (SSSR count). The van der Waals surface area contributed by atoms with Crippen molar-refractivity contribution < 1.29 is 9.90 Å². The van der Waals surface area contributed by atoms with Gasteiger partial charge >= 0.3 is 6.09 Å². The lowest BCUT2D eigenvalue weighted by Crippen LogP contribution is -2.44. The Hall–Kier alpha value is -0.770. The summed E-state index contributed by atoms with van der Waals surface area (Å²) in [5, 5.41) is 11.1. The fourth-order valence-corrected chi connectivity index (χ4v) is 1.92. The van der Waals surface area contributed by atoms with Crippen molar-refractivity contribution in [3.05, 3.63) is 0 Å². The summed E-state index contributed by atoms with van der Waals surface area (Å²) in [5.74, 6) is 0.750. The molecule has 1 saturated heterocycles. The molecule has 0 aromatic heterocycles. The molecule has 15 heavy (non-hydrogen) atoms. The van der Waals surface area contributed by atoms with Gasteiger partial charge in [-0.25, -0.2) is 4.79 Å². The maximum Gasteiger partial charge on any atom is 0.404 e. The maximum absolute atomic E-state index is 10.4. The largest absolute Gasteiger partial charge is 0.465 e. The lowest BCUT2D eigenvalue weighted by molar-refractivity contribution is 0.165. The zero-order chi connectivity index (χ0) is 11.3. The number of hydrogen-bond donors (Lipinski definition) is 2. The first-order chi connectivity index (χ1) is 7.08. The van der Waals surface area contributed by atoms with E-state index in [1.54, 1.807) is 0 Å². The van der Waals surface area contributed by atoms with Gasteiger partial charge in [-0.15, -0.1) is 0 Å². The molecule has 1 aliphatic rings. The first-order valence-electron chi connectivity index (χ1n) is 5.79. The van der Waals surface area contributed by atoms with Crippen LogP contribution in [-0.4, -0.2) is 41.8 Å². The van der Waals surface area contributed by atoms with Crippen molar-refractivity contribution in [3.8, 4) is 0 Å². The zero-order valence-corrected chi connectivity index (χ0v) is 9.70. The molecule has 0 spiro atoms. The van der Waals surface area contributed by atoms with Gasteiger partial charge in [0.15, 0.2) is 0 Å². The highest BCUT2D eigenvalue weighted by Crippen LogP contribution is 2.12. The molecule has 4 heteroatoms. The molecule has 0 aromatic carbocycles. The number of amides is 1. The molecule has 2 N–H and O–H groups in total. The van der Waals surface area contributed by atoms with Crippen LogP contribution in [0.3, 0.4) is 0 Å². The number of carbonyl (C=O) groups is 1. The normalized spacial score (nSPS) is 19.4. The van der Waals surface area contributed by atoms with Crippen molar-refractivity contribution in [3.63, 3.8) is 0 Å². The smallest absolute Gasteiger partial charge is 0.404 e. The molecule has 1 heterocycles. The number of likely N-dealkylation sites (tertiary alicyclic amines) is 1. The Morgan fingerprint density at radius 3 is 2.53 bits per heavy atom. The molecule has 4 nitrogen and oxygen atoms in total. The third kappa shape index (κ3) is 5.02. The van der Waals surface area contributed by atoms with E-state index in [0.29, 0.717) is 0 Å². The van der Waals surface area contributed by atoms with Crippen LogP contribution in [0.15, 0.2) is 0 Å². The van der Waals surface area contributed by atoms with E-state index in [-0.39, 0.29) is 6.04 Å². The molecular weight excluding hydrogens is 192 g/mol. The zero-order valence-electron chi connectivity index (χ0n) is 9.70. The molecule has 1 aliphatic heterocycles. The van der Waals surface area contributed by atoms with E-state index in [0.717, 1.165) is 38.4 Å². The summed E-state index contributed by atoms with van der Waals surface area (Å²) in [6, 6.07) is 0.165.